The first kappa shape index (κ1) is 21.0. The van der Waals surface area contributed by atoms with Crippen molar-refractivity contribution in [2.45, 2.75) is 0 Å². The number of nitrogens with zero attached hydrogens (tertiary/aromatic N) is 8. The fraction of sp³-hybridized carbons (Fsp3) is 0.200. The van der Waals surface area contributed by atoms with E-state index in [0.29, 0.717) is 36.7 Å². The number of carbonyl (C=O) groups excluding carboxylic acids is 1. The molecule has 0 radical (unpaired) electrons. The molecule has 1 aromatic carbocycles. The SMILES string of the molecule is O=C(c1ccc(Nc2ncc(C3=CCN=C3)n3ncnc23)cc1)N1CCN(c2ccccn2)CC1. The Balaban J connectivity index is 1.13. The summed E-state index contributed by atoms with van der Waals surface area (Å²) in [5, 5.41) is 7.64. The van der Waals surface area contributed by atoms with Gasteiger partial charge in [-0.3, -0.25) is 9.79 Å². The van der Waals surface area contributed by atoms with Crippen molar-refractivity contribution >= 4 is 40.7 Å². The van der Waals surface area contributed by atoms with Gasteiger partial charge in [-0.15, -0.1) is 0 Å². The Morgan fingerprint density at radius 3 is 2.54 bits per heavy atom. The summed E-state index contributed by atoms with van der Waals surface area (Å²) >= 11 is 0. The number of carbonyl (C=O) groups is 1. The van der Waals surface area contributed by atoms with Crippen molar-refractivity contribution in [3.63, 3.8) is 0 Å². The number of fused-ring (bicyclic) bond motifs is 1. The van der Waals surface area contributed by atoms with Crippen LogP contribution in [0, 0.1) is 0 Å². The van der Waals surface area contributed by atoms with Crippen LogP contribution in [0.3, 0.4) is 0 Å². The lowest BCUT2D eigenvalue weighted by atomic mass is 10.1. The number of benzene rings is 1. The van der Waals surface area contributed by atoms with Gasteiger partial charge in [0.05, 0.1) is 18.4 Å². The van der Waals surface area contributed by atoms with E-state index in [1.54, 1.807) is 16.9 Å². The molecule has 35 heavy (non-hydrogen) atoms. The highest BCUT2D eigenvalue weighted by atomic mass is 16.2. The topological polar surface area (TPSA) is 104 Å². The number of hydrogen-bond donors (Lipinski definition) is 1. The minimum absolute atomic E-state index is 0.0334. The summed E-state index contributed by atoms with van der Waals surface area (Å²) in [6, 6.07) is 13.3. The van der Waals surface area contributed by atoms with E-state index in [0.717, 1.165) is 35.9 Å². The maximum atomic E-state index is 13.0. The van der Waals surface area contributed by atoms with Crippen molar-refractivity contribution in [1.29, 1.82) is 0 Å². The molecule has 6 rings (SSSR count). The lowest BCUT2D eigenvalue weighted by Crippen LogP contribution is -2.49. The van der Waals surface area contributed by atoms with Crippen LogP contribution in [0.1, 0.15) is 16.1 Å². The molecule has 0 saturated carbocycles. The highest BCUT2D eigenvalue weighted by molar-refractivity contribution is 6.11. The number of allylic oxidation sites excluding steroid dienone is 1. The van der Waals surface area contributed by atoms with E-state index in [1.165, 1.54) is 6.33 Å². The van der Waals surface area contributed by atoms with Gasteiger partial charge >= 0.3 is 0 Å². The van der Waals surface area contributed by atoms with Crippen LogP contribution in [0.2, 0.25) is 0 Å². The van der Waals surface area contributed by atoms with Gasteiger partial charge in [-0.05, 0) is 36.4 Å². The molecule has 0 atom stereocenters. The van der Waals surface area contributed by atoms with Crippen LogP contribution < -0.4 is 10.2 Å². The van der Waals surface area contributed by atoms with Gasteiger partial charge in [-0.2, -0.15) is 5.10 Å². The third-order valence-electron chi connectivity index (χ3n) is 6.18. The van der Waals surface area contributed by atoms with E-state index in [2.05, 4.69) is 35.3 Å². The molecule has 0 unspecified atom stereocenters. The number of hydrogen-bond acceptors (Lipinski definition) is 8. The van der Waals surface area contributed by atoms with E-state index in [-0.39, 0.29) is 5.91 Å². The van der Waals surface area contributed by atoms with Gasteiger partial charge in [0.2, 0.25) is 0 Å². The number of piperazine rings is 1. The molecule has 1 fully saturated rings. The number of aliphatic imine (C=N–C) groups is 1. The van der Waals surface area contributed by atoms with E-state index in [4.69, 9.17) is 0 Å². The number of anilines is 3. The second-order valence-corrected chi connectivity index (χ2v) is 8.31. The zero-order valence-electron chi connectivity index (χ0n) is 18.9. The Labute approximate surface area is 201 Å². The minimum Gasteiger partial charge on any atom is -0.353 e. The van der Waals surface area contributed by atoms with Crippen molar-refractivity contribution in [2.75, 3.05) is 42.9 Å². The summed E-state index contributed by atoms with van der Waals surface area (Å²) in [6.07, 6.45) is 8.91. The largest absolute Gasteiger partial charge is 0.353 e. The lowest BCUT2D eigenvalue weighted by Gasteiger charge is -2.35. The molecule has 4 aromatic rings. The molecule has 1 N–H and O–H groups in total. The Morgan fingerprint density at radius 2 is 1.80 bits per heavy atom. The van der Waals surface area contributed by atoms with Gasteiger partial charge in [0.15, 0.2) is 11.5 Å². The molecular weight excluding hydrogens is 442 g/mol. The quantitative estimate of drug-likeness (QED) is 0.483. The molecule has 1 saturated heterocycles. The summed E-state index contributed by atoms with van der Waals surface area (Å²) in [5.74, 6) is 1.57. The average Bonchev–Trinajstić information content (AvgIpc) is 3.63. The first-order valence-corrected chi connectivity index (χ1v) is 11.5. The normalized spacial score (nSPS) is 15.5. The van der Waals surface area contributed by atoms with E-state index in [9.17, 15) is 4.79 Å². The Hall–Kier alpha value is -4.60. The van der Waals surface area contributed by atoms with Crippen LogP contribution in [0.15, 0.2) is 72.3 Å². The molecule has 10 nitrogen and oxygen atoms in total. The summed E-state index contributed by atoms with van der Waals surface area (Å²) in [5.41, 5.74) is 3.91. The van der Waals surface area contributed by atoms with Crippen molar-refractivity contribution < 1.29 is 4.79 Å². The Morgan fingerprint density at radius 1 is 0.943 bits per heavy atom. The van der Waals surface area contributed by atoms with Crippen LogP contribution in [-0.2, 0) is 0 Å². The highest BCUT2D eigenvalue weighted by Crippen LogP contribution is 2.23. The minimum atomic E-state index is 0.0334. The molecule has 3 aromatic heterocycles. The molecule has 174 valence electrons. The zero-order chi connectivity index (χ0) is 23.6. The summed E-state index contributed by atoms with van der Waals surface area (Å²) in [6.45, 7) is 3.52. The predicted molar refractivity (Wildman–Crippen MR) is 134 cm³/mol. The van der Waals surface area contributed by atoms with E-state index >= 15 is 0 Å². The summed E-state index contributed by atoms with van der Waals surface area (Å²) in [4.78, 5) is 34.7. The zero-order valence-corrected chi connectivity index (χ0v) is 18.9. The standard InChI is InChI=1S/C25H23N9O/c35-25(33-13-11-32(12-14-33)22-3-1-2-9-27-22)18-4-6-20(7-5-18)31-23-24-29-17-30-34(24)21(16-28-23)19-8-10-26-15-19/h1-9,15-17H,10-14H2,(H,28,31). The van der Waals surface area contributed by atoms with Gasteiger partial charge in [-0.1, -0.05) is 12.1 Å². The van der Waals surface area contributed by atoms with Gasteiger partial charge < -0.3 is 15.1 Å². The molecule has 0 spiro atoms. The molecular formula is C25H23N9O. The number of pyridine rings is 1. The molecule has 0 aliphatic carbocycles. The second-order valence-electron chi connectivity index (χ2n) is 8.31. The molecule has 2 aliphatic heterocycles. The van der Waals surface area contributed by atoms with Crippen molar-refractivity contribution in [3.8, 4) is 0 Å². The summed E-state index contributed by atoms with van der Waals surface area (Å²) in [7, 11) is 0. The number of amides is 1. The van der Waals surface area contributed by atoms with Crippen molar-refractivity contribution in [1.82, 2.24) is 29.5 Å². The second kappa shape index (κ2) is 8.98. The smallest absolute Gasteiger partial charge is 0.253 e. The number of aromatic nitrogens is 5. The van der Waals surface area contributed by atoms with Crippen LogP contribution in [0.5, 0.6) is 0 Å². The van der Waals surface area contributed by atoms with Crippen molar-refractivity contribution in [2.24, 2.45) is 4.99 Å². The molecule has 10 heteroatoms. The fourth-order valence-corrected chi connectivity index (χ4v) is 4.32. The van der Waals surface area contributed by atoms with Gasteiger partial charge in [0, 0.05) is 55.4 Å². The maximum absolute atomic E-state index is 13.0. The monoisotopic (exact) mass is 465 g/mol. The predicted octanol–water partition coefficient (Wildman–Crippen LogP) is 2.69. The molecule has 5 heterocycles. The van der Waals surface area contributed by atoms with E-state index in [1.807, 2.05) is 59.7 Å². The highest BCUT2D eigenvalue weighted by Gasteiger charge is 2.23. The average molecular weight is 466 g/mol. The number of nitrogens with one attached hydrogen (secondary N) is 1. The lowest BCUT2D eigenvalue weighted by molar-refractivity contribution is 0.0746. The Kier molecular flexibility index (Phi) is 5.38. The van der Waals surface area contributed by atoms with Crippen LogP contribution in [0.25, 0.3) is 11.2 Å². The molecule has 1 amide bonds. The van der Waals surface area contributed by atoms with Gasteiger partial charge in [0.1, 0.15) is 12.1 Å². The Bertz CT molecular complexity index is 1420. The summed E-state index contributed by atoms with van der Waals surface area (Å²) < 4.78 is 1.75. The van der Waals surface area contributed by atoms with Gasteiger partial charge in [0.25, 0.3) is 5.91 Å². The molecule has 2 aliphatic rings. The van der Waals surface area contributed by atoms with Crippen LogP contribution in [0.4, 0.5) is 17.3 Å². The van der Waals surface area contributed by atoms with Crippen LogP contribution >= 0.6 is 0 Å². The maximum Gasteiger partial charge on any atom is 0.253 e. The van der Waals surface area contributed by atoms with Gasteiger partial charge in [-0.25, -0.2) is 19.5 Å². The number of rotatable bonds is 5. The third kappa shape index (κ3) is 4.10. The first-order valence-electron chi connectivity index (χ1n) is 11.5. The fourth-order valence-electron chi connectivity index (χ4n) is 4.32. The van der Waals surface area contributed by atoms with E-state index < -0.39 is 0 Å². The third-order valence-corrected chi connectivity index (χ3v) is 6.18. The van der Waals surface area contributed by atoms with Crippen molar-refractivity contribution in [3.05, 3.63) is 78.5 Å². The van der Waals surface area contributed by atoms with Crippen LogP contribution in [-0.4, -0.2) is 74.3 Å². The first-order chi connectivity index (χ1) is 17.3. The molecule has 0 bridgehead atoms.